The minimum absolute atomic E-state index is 0.0266. The van der Waals surface area contributed by atoms with Crippen molar-refractivity contribution in [2.24, 2.45) is 22.7 Å². The van der Waals surface area contributed by atoms with Crippen molar-refractivity contribution in [3.63, 3.8) is 0 Å². The number of fused-ring (bicyclic) bond motifs is 7. The van der Waals surface area contributed by atoms with Crippen LogP contribution in [0.3, 0.4) is 0 Å². The number of benzene rings is 1. The molecule has 79 heavy (non-hydrogen) atoms. The molecule has 0 radical (unpaired) electrons. The predicted octanol–water partition coefficient (Wildman–Crippen LogP) is 6.72. The SMILES string of the molecule is CCn1c(-c2cc(N3CCN4CCC[C@@H]4C3)cnc2[C@H](C)OC)c2c3cc(ccc31)-c1csc(n1)C[C@H](NC(=O)[C@H](C1CCCC1)N1CC[C@]3(CCN(C(=O)[C@@H]4N[C@@H]4C4CC4)C3)C1)C(=O)N1CCC[C@H](N1)C(=O)OCC(C)(C)C2. The molecule has 3 aromatic heterocycles. The average molecular weight is 1100 g/mol. The second-order valence-corrected chi connectivity index (χ2v) is 26.9. The van der Waals surface area contributed by atoms with E-state index in [2.05, 4.69) is 97.6 Å². The lowest BCUT2D eigenvalue weighted by molar-refractivity contribution is -0.155. The molecular formula is C61H83N11O6S. The molecule has 10 heterocycles. The van der Waals surface area contributed by atoms with Crippen LogP contribution in [0.1, 0.15) is 127 Å². The van der Waals surface area contributed by atoms with Gasteiger partial charge in [-0.3, -0.25) is 44.3 Å². The Labute approximate surface area is 469 Å². The molecular weight excluding hydrogens is 1010 g/mol. The third kappa shape index (κ3) is 10.4. The number of nitrogens with one attached hydrogen (secondary N) is 3. The van der Waals surface area contributed by atoms with Crippen LogP contribution in [0.5, 0.6) is 0 Å². The number of esters is 1. The van der Waals surface area contributed by atoms with Crippen molar-refractivity contribution in [3.8, 4) is 22.5 Å². The number of thiazole rings is 1. The molecule has 6 saturated heterocycles. The number of ether oxygens (including phenoxy) is 2. The van der Waals surface area contributed by atoms with Crippen LogP contribution in [-0.2, 0) is 48.0 Å². The highest BCUT2D eigenvalue weighted by Crippen LogP contribution is 2.47. The minimum atomic E-state index is -0.928. The molecule has 8 fully saturated rings. The van der Waals surface area contributed by atoms with Gasteiger partial charge in [-0.1, -0.05) is 32.8 Å². The number of cyclic esters (lactones) is 1. The molecule has 18 heteroatoms. The summed E-state index contributed by atoms with van der Waals surface area (Å²) in [6.45, 7) is 17.1. The number of anilines is 1. The highest BCUT2D eigenvalue weighted by atomic mass is 32.1. The topological polar surface area (TPSA) is 180 Å². The number of rotatable bonds is 11. The zero-order valence-electron chi connectivity index (χ0n) is 47.3. The first-order valence-electron chi connectivity index (χ1n) is 30.2. The normalized spacial score (nSPS) is 29.5. The van der Waals surface area contributed by atoms with Crippen molar-refractivity contribution in [3.05, 3.63) is 52.1 Å². The number of aryl methyl sites for hydroxylation is 1. The van der Waals surface area contributed by atoms with E-state index in [1.807, 2.05) is 6.20 Å². The summed E-state index contributed by atoms with van der Waals surface area (Å²) in [5.41, 5.74) is 11.0. The monoisotopic (exact) mass is 1100 g/mol. The van der Waals surface area contributed by atoms with Gasteiger partial charge in [-0.2, -0.15) is 0 Å². The molecule has 2 aliphatic carbocycles. The molecule has 1 spiro atoms. The van der Waals surface area contributed by atoms with Crippen molar-refractivity contribution in [2.45, 2.75) is 166 Å². The van der Waals surface area contributed by atoms with E-state index < -0.39 is 23.5 Å². The maximum absolute atomic E-state index is 15.2. The van der Waals surface area contributed by atoms with Gasteiger partial charge in [-0.25, -0.2) is 10.4 Å². The number of carbonyl (C=O) groups is 4. The van der Waals surface area contributed by atoms with Crippen LogP contribution in [0.2, 0.25) is 0 Å². The summed E-state index contributed by atoms with van der Waals surface area (Å²) in [6.07, 6.45) is 14.6. The number of hydrogen-bond acceptors (Lipinski definition) is 14. The quantitative estimate of drug-likeness (QED) is 0.107. The largest absolute Gasteiger partial charge is 0.464 e. The Morgan fingerprint density at radius 1 is 0.962 bits per heavy atom. The van der Waals surface area contributed by atoms with Crippen molar-refractivity contribution >= 4 is 51.6 Å². The lowest BCUT2D eigenvalue weighted by Gasteiger charge is -2.39. The summed E-state index contributed by atoms with van der Waals surface area (Å²) in [5, 5.41) is 12.3. The Bertz CT molecular complexity index is 2990. The van der Waals surface area contributed by atoms with Crippen LogP contribution in [0.4, 0.5) is 5.69 Å². The number of piperazine rings is 1. The first-order chi connectivity index (χ1) is 38.3. The zero-order chi connectivity index (χ0) is 54.3. The number of hydrazine groups is 1. The van der Waals surface area contributed by atoms with Gasteiger partial charge in [0.2, 0.25) is 11.8 Å². The number of nitrogens with zero attached hydrogens (tertiary/aromatic N) is 8. The molecule has 424 valence electrons. The average Bonchev–Trinajstić information content (AvgIpc) is 4.11. The standard InChI is InChI=1S/C61H83N11O6S/c1-6-71-49-18-17-40-27-43(49)45(55(71)44-28-42(31-62-51(44)37(2)77-5)68-26-25-67-21-9-13-41(67)32-68)30-60(3,4)36-78-59(76)46-14-10-22-72(66-46)57(74)47(29-50-63-48(40)33-79-50)64-56(73)54(39-11-7-8-12-39)69-23-19-61(34-69)20-24-70(35-61)58(75)53-52(65-53)38-15-16-38/h17-18,27-28,31,33,37-39,41,46-47,52-54,65-66H,6-16,19-26,29-30,32,34-36H2,1-5H3,(H,64,73)/t37-,41+,46-,47-,52+,53+,54-,61-/m0/s1. The van der Waals surface area contributed by atoms with Crippen LogP contribution in [0.25, 0.3) is 33.4 Å². The van der Waals surface area contributed by atoms with E-state index in [4.69, 9.17) is 19.4 Å². The number of aromatic nitrogens is 3. The molecule has 8 atom stereocenters. The van der Waals surface area contributed by atoms with Crippen LogP contribution in [0, 0.1) is 22.7 Å². The first-order valence-corrected chi connectivity index (χ1v) is 31.1. The summed E-state index contributed by atoms with van der Waals surface area (Å²) in [6, 6.07) is 7.84. The van der Waals surface area contributed by atoms with Gasteiger partial charge in [0.15, 0.2) is 0 Å². The minimum Gasteiger partial charge on any atom is -0.464 e. The van der Waals surface area contributed by atoms with Gasteiger partial charge in [0.1, 0.15) is 18.1 Å². The molecule has 6 bridgehead atoms. The van der Waals surface area contributed by atoms with E-state index in [1.165, 1.54) is 43.6 Å². The summed E-state index contributed by atoms with van der Waals surface area (Å²) in [4.78, 5) is 78.4. The van der Waals surface area contributed by atoms with Crippen LogP contribution in [-0.4, -0.2) is 167 Å². The Hall–Kier alpha value is -4.98. The van der Waals surface area contributed by atoms with Crippen molar-refractivity contribution < 1.29 is 28.7 Å². The Morgan fingerprint density at radius 3 is 2.59 bits per heavy atom. The Morgan fingerprint density at radius 2 is 1.78 bits per heavy atom. The fourth-order valence-corrected chi connectivity index (χ4v) is 16.2. The number of carbonyl (C=O) groups excluding carboxylic acids is 4. The number of pyridine rings is 1. The van der Waals surface area contributed by atoms with Gasteiger partial charge in [0, 0.05) is 116 Å². The van der Waals surface area contributed by atoms with E-state index >= 15 is 9.59 Å². The van der Waals surface area contributed by atoms with Crippen molar-refractivity contribution in [1.82, 2.24) is 50.3 Å². The first kappa shape index (κ1) is 53.3. The fraction of sp³-hybridized carbons (Fsp3) is 0.672. The molecule has 7 aliphatic heterocycles. The highest BCUT2D eigenvalue weighted by Gasteiger charge is 2.55. The molecule has 2 saturated carbocycles. The molecule has 1 aromatic carbocycles. The van der Waals surface area contributed by atoms with E-state index in [0.717, 1.165) is 146 Å². The summed E-state index contributed by atoms with van der Waals surface area (Å²) >= 11 is 1.51. The molecule has 0 unspecified atom stereocenters. The van der Waals surface area contributed by atoms with Crippen molar-refractivity contribution in [2.75, 3.05) is 77.5 Å². The summed E-state index contributed by atoms with van der Waals surface area (Å²) in [5.74, 6) is 0.296. The summed E-state index contributed by atoms with van der Waals surface area (Å²) < 4.78 is 14.8. The lowest BCUT2D eigenvalue weighted by atomic mass is 9.84. The lowest BCUT2D eigenvalue weighted by Crippen LogP contribution is -2.62. The Kier molecular flexibility index (Phi) is 14.5. The number of amides is 3. The molecule has 13 rings (SSSR count). The molecule has 3 amide bonds. The second-order valence-electron chi connectivity index (χ2n) is 26.0. The van der Waals surface area contributed by atoms with E-state index in [-0.39, 0.29) is 60.3 Å². The van der Waals surface area contributed by atoms with Crippen LogP contribution < -0.4 is 21.0 Å². The molecule has 4 aromatic rings. The highest BCUT2D eigenvalue weighted by molar-refractivity contribution is 7.10. The summed E-state index contributed by atoms with van der Waals surface area (Å²) in [7, 11) is 1.75. The number of methoxy groups -OCH3 is 1. The fourth-order valence-electron chi connectivity index (χ4n) is 15.3. The second kappa shape index (κ2) is 21.4. The Balaban J connectivity index is 0.828. The van der Waals surface area contributed by atoms with Crippen LogP contribution in [0.15, 0.2) is 35.8 Å². The van der Waals surface area contributed by atoms with Crippen LogP contribution >= 0.6 is 11.3 Å². The van der Waals surface area contributed by atoms with Crippen molar-refractivity contribution in [1.29, 1.82) is 0 Å². The molecule has 17 nitrogen and oxygen atoms in total. The maximum Gasteiger partial charge on any atom is 0.324 e. The smallest absolute Gasteiger partial charge is 0.324 e. The van der Waals surface area contributed by atoms with Gasteiger partial charge in [-0.15, -0.1) is 11.3 Å². The van der Waals surface area contributed by atoms with E-state index in [0.29, 0.717) is 43.8 Å². The van der Waals surface area contributed by atoms with Gasteiger partial charge >= 0.3 is 5.97 Å². The number of likely N-dealkylation sites (tertiary alicyclic amines) is 2. The third-order valence-corrected chi connectivity index (χ3v) is 20.8. The van der Waals surface area contributed by atoms with E-state index in [1.54, 1.807) is 12.1 Å². The van der Waals surface area contributed by atoms with Gasteiger partial charge in [-0.05, 0) is 133 Å². The van der Waals surface area contributed by atoms with Gasteiger partial charge in [0.05, 0.1) is 52.7 Å². The van der Waals surface area contributed by atoms with Gasteiger partial charge in [0.25, 0.3) is 5.91 Å². The van der Waals surface area contributed by atoms with E-state index in [9.17, 15) is 9.59 Å². The third-order valence-electron chi connectivity index (χ3n) is 19.9. The zero-order valence-corrected chi connectivity index (χ0v) is 48.1. The maximum atomic E-state index is 15.2. The molecule has 9 aliphatic rings. The predicted molar refractivity (Wildman–Crippen MR) is 305 cm³/mol. The number of hydrogen-bond donors (Lipinski definition) is 3. The van der Waals surface area contributed by atoms with Gasteiger partial charge < -0.3 is 29.2 Å². The molecule has 3 N–H and O–H groups in total.